The highest BCUT2D eigenvalue weighted by molar-refractivity contribution is 5.93. The number of aryl methyl sites for hydroxylation is 1. The van der Waals surface area contributed by atoms with Crippen molar-refractivity contribution in [1.29, 1.82) is 0 Å². The minimum Gasteiger partial charge on any atom is -0.492 e. The number of hydrogen-bond donors (Lipinski definition) is 2. The normalized spacial score (nSPS) is 14.8. The van der Waals surface area contributed by atoms with Gasteiger partial charge in [-0.15, -0.1) is 0 Å². The molecule has 104 valence electrons. The Morgan fingerprint density at radius 2 is 2.11 bits per heavy atom. The van der Waals surface area contributed by atoms with Crippen molar-refractivity contribution in [1.82, 2.24) is 5.32 Å². The van der Waals surface area contributed by atoms with Gasteiger partial charge in [0.1, 0.15) is 12.4 Å². The third-order valence-corrected chi connectivity index (χ3v) is 3.00. The molecule has 0 aliphatic carbocycles. The lowest BCUT2D eigenvalue weighted by molar-refractivity contribution is -0.116. The lowest BCUT2D eigenvalue weighted by atomic mass is 10.0. The van der Waals surface area contributed by atoms with E-state index in [1.807, 2.05) is 18.2 Å². The zero-order valence-corrected chi connectivity index (χ0v) is 11.9. The first-order chi connectivity index (χ1) is 8.94. The van der Waals surface area contributed by atoms with E-state index in [0.717, 1.165) is 30.0 Å². The molecule has 0 radical (unpaired) electrons. The van der Waals surface area contributed by atoms with Gasteiger partial charge in [0.15, 0.2) is 0 Å². The standard InChI is InChI=1S/C15H22N2O2/c1-15(2,3)16-8-9-19-12-5-6-13-11(10-12)4-7-14(18)17-13/h5-6,10,16H,4,7-9H2,1-3H3,(H,17,18). The molecule has 0 saturated heterocycles. The van der Waals surface area contributed by atoms with Crippen molar-refractivity contribution in [2.24, 2.45) is 0 Å². The molecule has 1 heterocycles. The van der Waals surface area contributed by atoms with Gasteiger partial charge >= 0.3 is 0 Å². The van der Waals surface area contributed by atoms with Crippen molar-refractivity contribution in [2.75, 3.05) is 18.5 Å². The van der Waals surface area contributed by atoms with Crippen LogP contribution >= 0.6 is 0 Å². The first kappa shape index (κ1) is 13.9. The number of benzene rings is 1. The molecule has 1 aliphatic rings. The van der Waals surface area contributed by atoms with E-state index in [4.69, 9.17) is 4.74 Å². The maximum absolute atomic E-state index is 11.3. The summed E-state index contributed by atoms with van der Waals surface area (Å²) in [5.41, 5.74) is 2.18. The van der Waals surface area contributed by atoms with Crippen LogP contribution in [0.3, 0.4) is 0 Å². The van der Waals surface area contributed by atoms with E-state index in [0.29, 0.717) is 13.0 Å². The molecule has 0 unspecified atom stereocenters. The van der Waals surface area contributed by atoms with Crippen molar-refractivity contribution in [2.45, 2.75) is 39.2 Å². The van der Waals surface area contributed by atoms with Gasteiger partial charge in [-0.3, -0.25) is 4.79 Å². The molecule has 0 spiro atoms. The Bertz CT molecular complexity index is 464. The van der Waals surface area contributed by atoms with Crippen LogP contribution in [0, 0.1) is 0 Å². The molecule has 2 N–H and O–H groups in total. The average Bonchev–Trinajstić information content (AvgIpc) is 2.33. The number of amides is 1. The van der Waals surface area contributed by atoms with Crippen molar-refractivity contribution >= 4 is 11.6 Å². The number of rotatable bonds is 4. The molecule has 4 heteroatoms. The summed E-state index contributed by atoms with van der Waals surface area (Å²) in [6.45, 7) is 7.86. The quantitative estimate of drug-likeness (QED) is 0.819. The van der Waals surface area contributed by atoms with Crippen LogP contribution in [-0.2, 0) is 11.2 Å². The summed E-state index contributed by atoms with van der Waals surface area (Å²) in [5.74, 6) is 0.959. The van der Waals surface area contributed by atoms with Gasteiger partial charge in [-0.05, 0) is 51.0 Å². The molecule has 0 bridgehead atoms. The van der Waals surface area contributed by atoms with E-state index in [-0.39, 0.29) is 11.4 Å². The Labute approximate surface area is 114 Å². The fourth-order valence-corrected chi connectivity index (χ4v) is 2.04. The number of hydrogen-bond acceptors (Lipinski definition) is 3. The second-order valence-electron chi connectivity index (χ2n) is 5.89. The van der Waals surface area contributed by atoms with Crippen LogP contribution in [0.1, 0.15) is 32.8 Å². The molecular weight excluding hydrogens is 240 g/mol. The molecule has 0 atom stereocenters. The molecule has 2 rings (SSSR count). The zero-order valence-electron chi connectivity index (χ0n) is 11.9. The van der Waals surface area contributed by atoms with Crippen molar-refractivity contribution in [3.8, 4) is 5.75 Å². The highest BCUT2D eigenvalue weighted by atomic mass is 16.5. The van der Waals surface area contributed by atoms with Crippen LogP contribution in [0.2, 0.25) is 0 Å². The summed E-state index contributed by atoms with van der Waals surface area (Å²) >= 11 is 0. The van der Waals surface area contributed by atoms with Gasteiger partial charge in [0.05, 0.1) is 0 Å². The molecule has 1 aliphatic heterocycles. The molecule has 0 fully saturated rings. The van der Waals surface area contributed by atoms with Crippen molar-refractivity contribution in [3.63, 3.8) is 0 Å². The third-order valence-electron chi connectivity index (χ3n) is 3.00. The van der Waals surface area contributed by atoms with Gasteiger partial charge in [-0.2, -0.15) is 0 Å². The van der Waals surface area contributed by atoms with E-state index in [2.05, 4.69) is 31.4 Å². The van der Waals surface area contributed by atoms with E-state index in [1.165, 1.54) is 0 Å². The lowest BCUT2D eigenvalue weighted by Gasteiger charge is -2.21. The maximum atomic E-state index is 11.3. The third kappa shape index (κ3) is 4.24. The molecule has 0 saturated carbocycles. The fraction of sp³-hybridized carbons (Fsp3) is 0.533. The van der Waals surface area contributed by atoms with Gasteiger partial charge in [0.2, 0.25) is 5.91 Å². The van der Waals surface area contributed by atoms with E-state index in [1.54, 1.807) is 0 Å². The lowest BCUT2D eigenvalue weighted by Crippen LogP contribution is -2.38. The number of carbonyl (C=O) groups excluding carboxylic acids is 1. The number of ether oxygens (including phenoxy) is 1. The Kier molecular flexibility index (Phi) is 4.10. The molecule has 19 heavy (non-hydrogen) atoms. The minimum atomic E-state index is 0.0931. The van der Waals surface area contributed by atoms with Gasteiger partial charge in [-0.1, -0.05) is 0 Å². The molecule has 1 aromatic rings. The van der Waals surface area contributed by atoms with E-state index in [9.17, 15) is 4.79 Å². The number of fused-ring (bicyclic) bond motifs is 1. The predicted molar refractivity (Wildman–Crippen MR) is 76.6 cm³/mol. The summed E-state index contributed by atoms with van der Waals surface area (Å²) in [7, 11) is 0. The molecule has 4 nitrogen and oxygen atoms in total. The second kappa shape index (κ2) is 5.61. The number of anilines is 1. The largest absolute Gasteiger partial charge is 0.492 e. The fourth-order valence-electron chi connectivity index (χ4n) is 2.04. The number of nitrogens with one attached hydrogen (secondary N) is 2. The van der Waals surface area contributed by atoms with Crippen LogP contribution in [-0.4, -0.2) is 24.6 Å². The summed E-state index contributed by atoms with van der Waals surface area (Å²) in [4.78, 5) is 11.3. The Morgan fingerprint density at radius 1 is 1.32 bits per heavy atom. The first-order valence-electron chi connectivity index (χ1n) is 6.75. The van der Waals surface area contributed by atoms with E-state index < -0.39 is 0 Å². The van der Waals surface area contributed by atoms with Crippen LogP contribution in [0.5, 0.6) is 5.75 Å². The van der Waals surface area contributed by atoms with Gasteiger partial charge in [-0.25, -0.2) is 0 Å². The Balaban J connectivity index is 1.87. The van der Waals surface area contributed by atoms with Crippen LogP contribution in [0.25, 0.3) is 0 Å². The van der Waals surface area contributed by atoms with Gasteiger partial charge < -0.3 is 15.4 Å². The Hall–Kier alpha value is -1.55. The van der Waals surface area contributed by atoms with E-state index >= 15 is 0 Å². The van der Waals surface area contributed by atoms with Gasteiger partial charge in [0.25, 0.3) is 0 Å². The smallest absolute Gasteiger partial charge is 0.224 e. The van der Waals surface area contributed by atoms with Crippen molar-refractivity contribution in [3.05, 3.63) is 23.8 Å². The average molecular weight is 262 g/mol. The van der Waals surface area contributed by atoms with Gasteiger partial charge in [0, 0.05) is 24.2 Å². The topological polar surface area (TPSA) is 50.4 Å². The summed E-state index contributed by atoms with van der Waals surface area (Å²) in [6.07, 6.45) is 1.35. The monoisotopic (exact) mass is 262 g/mol. The molecular formula is C15H22N2O2. The zero-order chi connectivity index (χ0) is 13.9. The van der Waals surface area contributed by atoms with Crippen LogP contribution < -0.4 is 15.4 Å². The summed E-state index contributed by atoms with van der Waals surface area (Å²) in [6, 6.07) is 5.84. The summed E-state index contributed by atoms with van der Waals surface area (Å²) in [5, 5.41) is 6.25. The Morgan fingerprint density at radius 3 is 2.84 bits per heavy atom. The molecule has 1 aromatic carbocycles. The highest BCUT2D eigenvalue weighted by Gasteiger charge is 2.15. The SMILES string of the molecule is CC(C)(C)NCCOc1ccc2c(c1)CCC(=O)N2. The molecule has 0 aromatic heterocycles. The van der Waals surface area contributed by atoms with Crippen molar-refractivity contribution < 1.29 is 9.53 Å². The number of carbonyl (C=O) groups is 1. The highest BCUT2D eigenvalue weighted by Crippen LogP contribution is 2.26. The first-order valence-corrected chi connectivity index (χ1v) is 6.75. The predicted octanol–water partition coefficient (Wildman–Crippen LogP) is 2.34. The molecule has 1 amide bonds. The minimum absolute atomic E-state index is 0.0931. The van der Waals surface area contributed by atoms with Crippen LogP contribution in [0.15, 0.2) is 18.2 Å². The summed E-state index contributed by atoms with van der Waals surface area (Å²) < 4.78 is 5.72. The van der Waals surface area contributed by atoms with Crippen LogP contribution in [0.4, 0.5) is 5.69 Å². The maximum Gasteiger partial charge on any atom is 0.224 e. The second-order valence-corrected chi connectivity index (χ2v) is 5.89.